The number of aromatic nitrogens is 3. The van der Waals surface area contributed by atoms with Crippen molar-refractivity contribution >= 4 is 0 Å². The van der Waals surface area contributed by atoms with Crippen LogP contribution in [0, 0.1) is 5.82 Å². The molecule has 0 atom stereocenters. The van der Waals surface area contributed by atoms with Gasteiger partial charge in [0, 0.05) is 68.4 Å². The molecule has 0 saturated carbocycles. The van der Waals surface area contributed by atoms with E-state index in [2.05, 4.69) is 25.4 Å². The minimum atomic E-state index is -0.242. The third-order valence-electron chi connectivity index (χ3n) is 4.82. The van der Waals surface area contributed by atoms with E-state index in [9.17, 15) is 4.39 Å². The molecule has 5 nitrogen and oxygen atoms in total. The largest absolute Gasteiger partial charge is 0.314 e. The first kappa shape index (κ1) is 16.9. The zero-order valence-corrected chi connectivity index (χ0v) is 14.6. The van der Waals surface area contributed by atoms with Crippen LogP contribution < -0.4 is 5.32 Å². The molecule has 4 rings (SSSR count). The highest BCUT2D eigenvalue weighted by Crippen LogP contribution is 2.33. The lowest BCUT2D eigenvalue weighted by Gasteiger charge is -2.27. The van der Waals surface area contributed by atoms with E-state index in [4.69, 9.17) is 0 Å². The maximum absolute atomic E-state index is 13.3. The molecule has 3 heterocycles. The summed E-state index contributed by atoms with van der Waals surface area (Å²) in [5.41, 5.74) is 5.01. The fourth-order valence-corrected chi connectivity index (χ4v) is 3.41. The molecule has 6 heteroatoms. The van der Waals surface area contributed by atoms with Crippen molar-refractivity contribution in [1.82, 2.24) is 25.4 Å². The minimum absolute atomic E-state index is 0.242. The zero-order chi connectivity index (χ0) is 17.8. The molecule has 0 aliphatic carbocycles. The van der Waals surface area contributed by atoms with Gasteiger partial charge in [0.05, 0.1) is 0 Å². The van der Waals surface area contributed by atoms with E-state index in [1.165, 1.54) is 12.1 Å². The molecular weight excluding hydrogens is 329 g/mol. The van der Waals surface area contributed by atoms with Crippen LogP contribution in [0.1, 0.15) is 5.69 Å². The van der Waals surface area contributed by atoms with Crippen LogP contribution in [-0.4, -0.2) is 52.8 Å². The maximum Gasteiger partial charge on any atom is 0.123 e. The highest BCUT2D eigenvalue weighted by molar-refractivity contribution is 5.82. The number of H-pyrrole nitrogens is 1. The molecule has 0 amide bonds. The van der Waals surface area contributed by atoms with Gasteiger partial charge in [-0.1, -0.05) is 0 Å². The van der Waals surface area contributed by atoms with Crippen LogP contribution in [0.4, 0.5) is 4.39 Å². The average molecular weight is 351 g/mol. The van der Waals surface area contributed by atoms with Gasteiger partial charge in [0.1, 0.15) is 11.5 Å². The number of nitrogens with zero attached hydrogens (tertiary/aromatic N) is 3. The van der Waals surface area contributed by atoms with E-state index in [1.54, 1.807) is 24.5 Å². The summed E-state index contributed by atoms with van der Waals surface area (Å²) >= 11 is 0. The van der Waals surface area contributed by atoms with Gasteiger partial charge in [-0.15, -0.1) is 0 Å². The Morgan fingerprint density at radius 1 is 0.962 bits per heavy atom. The van der Waals surface area contributed by atoms with Crippen LogP contribution in [0.15, 0.2) is 48.8 Å². The molecule has 0 spiro atoms. The quantitative estimate of drug-likeness (QED) is 0.742. The van der Waals surface area contributed by atoms with Crippen LogP contribution in [0.2, 0.25) is 0 Å². The fourth-order valence-electron chi connectivity index (χ4n) is 3.41. The van der Waals surface area contributed by atoms with Crippen LogP contribution in [0.3, 0.4) is 0 Å². The summed E-state index contributed by atoms with van der Waals surface area (Å²) in [7, 11) is 0. The summed E-state index contributed by atoms with van der Waals surface area (Å²) in [5, 5.41) is 11.2. The Labute approximate surface area is 152 Å². The Hall–Kier alpha value is -2.57. The Bertz CT molecular complexity index is 838. The average Bonchev–Trinajstić information content (AvgIpc) is 3.12. The first-order valence-corrected chi connectivity index (χ1v) is 8.98. The number of hydrogen-bond acceptors (Lipinski definition) is 4. The van der Waals surface area contributed by atoms with Crippen molar-refractivity contribution < 1.29 is 4.39 Å². The summed E-state index contributed by atoms with van der Waals surface area (Å²) in [6.45, 7) is 5.22. The van der Waals surface area contributed by atoms with E-state index >= 15 is 0 Å². The number of benzene rings is 1. The van der Waals surface area contributed by atoms with Crippen molar-refractivity contribution in [2.45, 2.75) is 6.42 Å². The Kier molecular flexibility index (Phi) is 5.04. The first-order valence-electron chi connectivity index (χ1n) is 8.98. The molecule has 1 saturated heterocycles. The molecule has 2 aromatic heterocycles. The van der Waals surface area contributed by atoms with Gasteiger partial charge in [0.15, 0.2) is 0 Å². The summed E-state index contributed by atoms with van der Waals surface area (Å²) in [5.74, 6) is -0.242. The fraction of sp³-hybridized carbons (Fsp3) is 0.300. The monoisotopic (exact) mass is 351 g/mol. The van der Waals surface area contributed by atoms with E-state index in [-0.39, 0.29) is 5.82 Å². The number of nitrogens with one attached hydrogen (secondary N) is 2. The van der Waals surface area contributed by atoms with Gasteiger partial charge in [-0.25, -0.2) is 4.39 Å². The van der Waals surface area contributed by atoms with E-state index in [1.807, 2.05) is 12.1 Å². The number of aromatic amines is 1. The Morgan fingerprint density at radius 2 is 1.69 bits per heavy atom. The topological polar surface area (TPSA) is 56.8 Å². The summed E-state index contributed by atoms with van der Waals surface area (Å²) < 4.78 is 13.3. The van der Waals surface area contributed by atoms with Crippen molar-refractivity contribution in [3.8, 4) is 22.4 Å². The number of pyridine rings is 1. The van der Waals surface area contributed by atoms with Gasteiger partial charge in [-0.05, 0) is 42.0 Å². The number of piperazine rings is 1. The van der Waals surface area contributed by atoms with Gasteiger partial charge in [0.2, 0.25) is 0 Å². The van der Waals surface area contributed by atoms with Crippen molar-refractivity contribution in [2.24, 2.45) is 0 Å². The molecule has 1 aliphatic heterocycles. The standard InChI is InChI=1S/C20H22FN5/c21-17-3-1-16(2-4-17)20-19(15-5-8-22-9-6-15)18(24-25-20)7-12-26-13-10-23-11-14-26/h1-6,8-9,23H,7,10-14H2,(H,24,25). The molecule has 134 valence electrons. The molecule has 1 aromatic carbocycles. The molecule has 3 aromatic rings. The Morgan fingerprint density at radius 3 is 2.42 bits per heavy atom. The Balaban J connectivity index is 1.66. The normalized spacial score (nSPS) is 15.3. The number of rotatable bonds is 5. The van der Waals surface area contributed by atoms with Crippen LogP contribution in [0.25, 0.3) is 22.4 Å². The second-order valence-corrected chi connectivity index (χ2v) is 6.51. The SMILES string of the molecule is Fc1ccc(-c2n[nH]c(CCN3CCNCC3)c2-c2ccncc2)cc1. The van der Waals surface area contributed by atoms with Crippen molar-refractivity contribution in [3.63, 3.8) is 0 Å². The molecule has 0 unspecified atom stereocenters. The van der Waals surface area contributed by atoms with Crippen LogP contribution in [0.5, 0.6) is 0 Å². The van der Waals surface area contributed by atoms with Crippen molar-refractivity contribution in [1.29, 1.82) is 0 Å². The predicted octanol–water partition coefficient (Wildman–Crippen LogP) is 2.73. The third-order valence-corrected chi connectivity index (χ3v) is 4.82. The predicted molar refractivity (Wildman–Crippen MR) is 100 cm³/mol. The summed E-state index contributed by atoms with van der Waals surface area (Å²) in [4.78, 5) is 6.59. The van der Waals surface area contributed by atoms with Gasteiger partial charge in [0.25, 0.3) is 0 Å². The van der Waals surface area contributed by atoms with Crippen LogP contribution >= 0.6 is 0 Å². The smallest absolute Gasteiger partial charge is 0.123 e. The lowest BCUT2D eigenvalue weighted by molar-refractivity contribution is 0.243. The molecule has 1 fully saturated rings. The highest BCUT2D eigenvalue weighted by atomic mass is 19.1. The maximum atomic E-state index is 13.3. The molecule has 26 heavy (non-hydrogen) atoms. The van der Waals surface area contributed by atoms with Crippen LogP contribution in [-0.2, 0) is 6.42 Å². The molecular formula is C20H22FN5. The van der Waals surface area contributed by atoms with Gasteiger partial charge in [-0.3, -0.25) is 10.1 Å². The third kappa shape index (κ3) is 3.66. The van der Waals surface area contributed by atoms with E-state index in [0.717, 1.165) is 67.2 Å². The second kappa shape index (κ2) is 7.76. The zero-order valence-electron chi connectivity index (χ0n) is 14.6. The number of hydrogen-bond donors (Lipinski definition) is 2. The molecule has 2 N–H and O–H groups in total. The van der Waals surface area contributed by atoms with Crippen molar-refractivity contribution in [3.05, 3.63) is 60.3 Å². The molecule has 1 aliphatic rings. The van der Waals surface area contributed by atoms with E-state index in [0.29, 0.717) is 0 Å². The first-order chi connectivity index (χ1) is 12.8. The van der Waals surface area contributed by atoms with Gasteiger partial charge < -0.3 is 10.2 Å². The van der Waals surface area contributed by atoms with Gasteiger partial charge in [-0.2, -0.15) is 5.10 Å². The molecule has 0 radical (unpaired) electrons. The summed E-state index contributed by atoms with van der Waals surface area (Å²) in [6, 6.07) is 10.5. The lowest BCUT2D eigenvalue weighted by Crippen LogP contribution is -2.44. The van der Waals surface area contributed by atoms with Crippen molar-refractivity contribution in [2.75, 3.05) is 32.7 Å². The second-order valence-electron chi connectivity index (χ2n) is 6.51. The minimum Gasteiger partial charge on any atom is -0.314 e. The highest BCUT2D eigenvalue weighted by Gasteiger charge is 2.18. The number of halogens is 1. The summed E-state index contributed by atoms with van der Waals surface area (Å²) in [6.07, 6.45) is 4.47. The molecule has 0 bridgehead atoms. The van der Waals surface area contributed by atoms with E-state index < -0.39 is 0 Å². The van der Waals surface area contributed by atoms with Gasteiger partial charge >= 0.3 is 0 Å². The lowest BCUT2D eigenvalue weighted by atomic mass is 9.98.